The molecule has 0 unspecified atom stereocenters. The fraction of sp³-hybridized carbons (Fsp3) is 0.500. The topological polar surface area (TPSA) is 63.3 Å². The van der Waals surface area contributed by atoms with Gasteiger partial charge in [-0.05, 0) is 29.9 Å². The molecule has 1 aromatic carbocycles. The summed E-state index contributed by atoms with van der Waals surface area (Å²) in [5, 5.41) is 10.6. The van der Waals surface area contributed by atoms with Crippen LogP contribution in [0.4, 0.5) is 0 Å². The molecular formula is C14H18ClNO2. The monoisotopic (exact) mass is 267 g/mol. The third kappa shape index (κ3) is 1.96. The first-order chi connectivity index (χ1) is 8.29. The van der Waals surface area contributed by atoms with Crippen molar-refractivity contribution in [1.29, 1.82) is 0 Å². The third-order valence-corrected chi connectivity index (χ3v) is 4.28. The van der Waals surface area contributed by atoms with E-state index in [1.165, 1.54) is 0 Å². The Morgan fingerprint density at radius 3 is 2.56 bits per heavy atom. The second kappa shape index (κ2) is 4.34. The first-order valence-electron chi connectivity index (χ1n) is 6.05. The number of benzene rings is 1. The lowest BCUT2D eigenvalue weighted by molar-refractivity contribution is -0.145. The summed E-state index contributed by atoms with van der Waals surface area (Å²) in [6, 6.07) is 7.06. The summed E-state index contributed by atoms with van der Waals surface area (Å²) < 4.78 is 0. The molecule has 3 nitrogen and oxygen atoms in total. The highest BCUT2D eigenvalue weighted by Gasteiger charge is 2.50. The van der Waals surface area contributed by atoms with Crippen molar-refractivity contribution < 1.29 is 9.90 Å². The lowest BCUT2D eigenvalue weighted by Crippen LogP contribution is -2.58. The summed E-state index contributed by atoms with van der Waals surface area (Å²) >= 11 is 6.12. The highest BCUT2D eigenvalue weighted by Crippen LogP contribution is 2.43. The number of rotatable bonds is 1. The standard InChI is InChI=1S/C14H18ClNO2/c1-13(2)7-8-14(16,12(18)11(13)17)9-5-3-4-6-10(9)15/h3-6,11,17H,7-8,16H2,1-2H3/t11-,14+/m0/s1. The summed E-state index contributed by atoms with van der Waals surface area (Å²) in [5.74, 6) is -0.341. The van der Waals surface area contributed by atoms with Crippen LogP contribution in [0, 0.1) is 5.41 Å². The second-order valence-corrected chi connectivity index (χ2v) is 6.11. The van der Waals surface area contributed by atoms with E-state index in [4.69, 9.17) is 17.3 Å². The maximum atomic E-state index is 12.4. The maximum absolute atomic E-state index is 12.4. The van der Waals surface area contributed by atoms with Gasteiger partial charge < -0.3 is 10.8 Å². The van der Waals surface area contributed by atoms with Crippen LogP contribution in [0.5, 0.6) is 0 Å². The van der Waals surface area contributed by atoms with Crippen LogP contribution >= 0.6 is 11.6 Å². The van der Waals surface area contributed by atoms with Crippen LogP contribution in [0.2, 0.25) is 5.02 Å². The van der Waals surface area contributed by atoms with Crippen LogP contribution < -0.4 is 5.73 Å². The molecule has 2 rings (SSSR count). The normalized spacial score (nSPS) is 31.4. The minimum absolute atomic E-state index is 0.341. The van der Waals surface area contributed by atoms with Crippen molar-refractivity contribution in [2.45, 2.75) is 38.3 Å². The Balaban J connectivity index is 2.45. The van der Waals surface area contributed by atoms with Crippen LogP contribution in [0.15, 0.2) is 24.3 Å². The van der Waals surface area contributed by atoms with Gasteiger partial charge in [-0.15, -0.1) is 0 Å². The molecule has 0 radical (unpaired) electrons. The second-order valence-electron chi connectivity index (χ2n) is 5.71. The summed E-state index contributed by atoms with van der Waals surface area (Å²) in [5.41, 5.74) is 5.24. The first-order valence-corrected chi connectivity index (χ1v) is 6.43. The Labute approximate surface area is 112 Å². The Bertz CT molecular complexity index is 486. The number of halogens is 1. The van der Waals surface area contributed by atoms with Crippen molar-refractivity contribution in [1.82, 2.24) is 0 Å². The molecule has 1 aliphatic carbocycles. The predicted molar refractivity (Wildman–Crippen MR) is 71.3 cm³/mol. The van der Waals surface area contributed by atoms with Gasteiger partial charge in [-0.1, -0.05) is 43.6 Å². The number of ketones is 1. The van der Waals surface area contributed by atoms with E-state index in [1.807, 2.05) is 13.8 Å². The Morgan fingerprint density at radius 2 is 1.94 bits per heavy atom. The van der Waals surface area contributed by atoms with Gasteiger partial charge in [0.2, 0.25) is 0 Å². The van der Waals surface area contributed by atoms with E-state index in [1.54, 1.807) is 24.3 Å². The molecule has 98 valence electrons. The van der Waals surface area contributed by atoms with Crippen molar-refractivity contribution in [3.63, 3.8) is 0 Å². The molecule has 3 N–H and O–H groups in total. The summed E-state index contributed by atoms with van der Waals surface area (Å²) in [6.07, 6.45) is 0.133. The SMILES string of the molecule is CC1(C)CC[C@@](N)(c2ccccc2Cl)C(=O)[C@@H]1O. The van der Waals surface area contributed by atoms with Crippen molar-refractivity contribution in [2.75, 3.05) is 0 Å². The largest absolute Gasteiger partial charge is 0.385 e. The van der Waals surface area contributed by atoms with Gasteiger partial charge in [-0.3, -0.25) is 4.79 Å². The highest BCUT2D eigenvalue weighted by atomic mass is 35.5. The first kappa shape index (κ1) is 13.5. The molecule has 1 aromatic rings. The van der Waals surface area contributed by atoms with E-state index in [9.17, 15) is 9.90 Å². The van der Waals surface area contributed by atoms with Crippen molar-refractivity contribution in [3.05, 3.63) is 34.9 Å². The Kier molecular flexibility index (Phi) is 3.26. The summed E-state index contributed by atoms with van der Waals surface area (Å²) in [7, 11) is 0. The quantitative estimate of drug-likeness (QED) is 0.820. The van der Waals surface area contributed by atoms with Crippen LogP contribution in [-0.2, 0) is 10.3 Å². The van der Waals surface area contributed by atoms with Crippen molar-refractivity contribution in [2.24, 2.45) is 11.1 Å². The zero-order valence-corrected chi connectivity index (χ0v) is 11.4. The molecule has 18 heavy (non-hydrogen) atoms. The van der Waals surface area contributed by atoms with Gasteiger partial charge in [0.1, 0.15) is 11.6 Å². The van der Waals surface area contributed by atoms with Gasteiger partial charge in [0.15, 0.2) is 5.78 Å². The number of carbonyl (C=O) groups is 1. The predicted octanol–water partition coefficient (Wildman–Crippen LogP) is 2.24. The summed E-state index contributed by atoms with van der Waals surface area (Å²) in [4.78, 5) is 12.4. The van der Waals surface area contributed by atoms with Gasteiger partial charge in [-0.25, -0.2) is 0 Å². The molecular weight excluding hydrogens is 250 g/mol. The minimum atomic E-state index is -1.17. The minimum Gasteiger partial charge on any atom is -0.385 e. The van der Waals surface area contributed by atoms with Gasteiger partial charge in [0.25, 0.3) is 0 Å². The number of aliphatic hydroxyl groups is 1. The number of nitrogens with two attached hydrogens (primary N) is 1. The molecule has 1 aliphatic rings. The summed E-state index contributed by atoms with van der Waals surface area (Å²) in [6.45, 7) is 3.75. The van der Waals surface area contributed by atoms with Gasteiger partial charge in [0.05, 0.1) is 0 Å². The molecule has 0 bridgehead atoms. The molecule has 1 saturated carbocycles. The molecule has 0 heterocycles. The van der Waals surface area contributed by atoms with E-state index in [0.717, 1.165) is 0 Å². The molecule has 0 aromatic heterocycles. The fourth-order valence-corrected chi connectivity index (χ4v) is 2.77. The lowest BCUT2D eigenvalue weighted by Gasteiger charge is -2.43. The molecule has 2 atom stereocenters. The highest BCUT2D eigenvalue weighted by molar-refractivity contribution is 6.31. The van der Waals surface area contributed by atoms with Gasteiger partial charge >= 0.3 is 0 Å². The van der Waals surface area contributed by atoms with Crippen LogP contribution in [-0.4, -0.2) is 17.0 Å². The maximum Gasteiger partial charge on any atom is 0.186 e. The number of hydrogen-bond donors (Lipinski definition) is 2. The van der Waals surface area contributed by atoms with E-state index < -0.39 is 17.1 Å². The van der Waals surface area contributed by atoms with Crippen molar-refractivity contribution in [3.8, 4) is 0 Å². The lowest BCUT2D eigenvalue weighted by atomic mass is 9.65. The van der Waals surface area contributed by atoms with Crippen LogP contribution in [0.1, 0.15) is 32.3 Å². The third-order valence-electron chi connectivity index (χ3n) is 3.95. The molecule has 1 fully saturated rings. The molecule has 4 heteroatoms. The van der Waals surface area contributed by atoms with Crippen molar-refractivity contribution >= 4 is 17.4 Å². The average molecular weight is 268 g/mol. The smallest absolute Gasteiger partial charge is 0.186 e. The van der Waals surface area contributed by atoms with E-state index in [0.29, 0.717) is 23.4 Å². The fourth-order valence-electron chi connectivity index (χ4n) is 2.47. The number of Topliss-reactive ketones (excluding diaryl/α,β-unsaturated/α-hetero) is 1. The Morgan fingerprint density at radius 1 is 1.33 bits per heavy atom. The van der Waals surface area contributed by atoms with Gasteiger partial charge in [0, 0.05) is 5.02 Å². The van der Waals surface area contributed by atoms with Crippen LogP contribution in [0.3, 0.4) is 0 Å². The van der Waals surface area contributed by atoms with Gasteiger partial charge in [-0.2, -0.15) is 0 Å². The number of carbonyl (C=O) groups excluding carboxylic acids is 1. The van der Waals surface area contributed by atoms with Crippen LogP contribution in [0.25, 0.3) is 0 Å². The number of hydrogen-bond acceptors (Lipinski definition) is 3. The number of aliphatic hydroxyl groups excluding tert-OH is 1. The Hall–Kier alpha value is -0.900. The average Bonchev–Trinajstić information content (AvgIpc) is 2.33. The zero-order chi connectivity index (χ0) is 13.6. The molecule has 0 saturated heterocycles. The van der Waals surface area contributed by atoms with E-state index in [-0.39, 0.29) is 5.78 Å². The molecule has 0 spiro atoms. The van der Waals surface area contributed by atoms with E-state index in [2.05, 4.69) is 0 Å². The molecule has 0 amide bonds. The molecule has 0 aliphatic heterocycles. The van der Waals surface area contributed by atoms with E-state index >= 15 is 0 Å². The zero-order valence-electron chi connectivity index (χ0n) is 10.6.